The quantitative estimate of drug-likeness (QED) is 0.168. The Balaban J connectivity index is 1.27. The zero-order valence-corrected chi connectivity index (χ0v) is 32.8. The number of halogens is 3. The number of fused-ring (bicyclic) bond motifs is 7. The number of benzene rings is 8. The Morgan fingerprint density at radius 3 is 1.72 bits per heavy atom. The first-order chi connectivity index (χ1) is 29.8. The maximum absolute atomic E-state index is 14.1. The summed E-state index contributed by atoms with van der Waals surface area (Å²) in [5, 5.41) is 3.99. The third kappa shape index (κ3) is 6.25. The molecular formula is C54H34F3N3O. The van der Waals surface area contributed by atoms with Gasteiger partial charge in [0.1, 0.15) is 11.2 Å². The standard InChI is InChI=1S/C54H34F3N3O/c1-33-20-22-34(23-21-33)43-30-38(46-32-45(36-12-4-2-5-13-36)58-53(59-46)37-14-6-3-7-15-37)31-44(35-24-26-39(27-25-35)54(55,56)57)51(43)60-47-18-10-8-17-42(47)50-48(60)29-28-41-40-16-9-11-19-49(40)61-52(41)50/h2-32H,1H3. The van der Waals surface area contributed by atoms with Gasteiger partial charge in [-0.25, -0.2) is 9.97 Å². The lowest BCUT2D eigenvalue weighted by molar-refractivity contribution is -0.137. The van der Waals surface area contributed by atoms with Crippen molar-refractivity contribution in [3.05, 3.63) is 199 Å². The van der Waals surface area contributed by atoms with Crippen molar-refractivity contribution in [2.75, 3.05) is 0 Å². The van der Waals surface area contributed by atoms with E-state index in [0.29, 0.717) is 17.1 Å². The molecule has 0 amide bonds. The molecule has 11 rings (SSSR count). The van der Waals surface area contributed by atoms with Gasteiger partial charge in [-0.2, -0.15) is 13.2 Å². The van der Waals surface area contributed by atoms with Gasteiger partial charge in [-0.15, -0.1) is 0 Å². The van der Waals surface area contributed by atoms with E-state index in [1.54, 1.807) is 12.1 Å². The van der Waals surface area contributed by atoms with Crippen LogP contribution in [-0.2, 0) is 6.18 Å². The van der Waals surface area contributed by atoms with Crippen molar-refractivity contribution >= 4 is 43.7 Å². The van der Waals surface area contributed by atoms with Crippen molar-refractivity contribution < 1.29 is 17.6 Å². The Hall–Kier alpha value is -7.77. The molecule has 0 aliphatic heterocycles. The van der Waals surface area contributed by atoms with E-state index in [9.17, 15) is 13.2 Å². The van der Waals surface area contributed by atoms with Crippen LogP contribution in [-0.4, -0.2) is 14.5 Å². The lowest BCUT2D eigenvalue weighted by Gasteiger charge is -2.21. The number of para-hydroxylation sites is 2. The van der Waals surface area contributed by atoms with E-state index in [1.165, 1.54) is 0 Å². The first kappa shape index (κ1) is 36.3. The van der Waals surface area contributed by atoms with Crippen molar-refractivity contribution in [3.63, 3.8) is 0 Å². The molecule has 0 aliphatic rings. The summed E-state index contributed by atoms with van der Waals surface area (Å²) in [5.74, 6) is 0.561. The average molecular weight is 798 g/mol. The maximum Gasteiger partial charge on any atom is 0.416 e. The van der Waals surface area contributed by atoms with Crippen LogP contribution in [0.5, 0.6) is 0 Å². The minimum atomic E-state index is -4.50. The van der Waals surface area contributed by atoms with E-state index >= 15 is 0 Å². The molecule has 0 saturated carbocycles. The summed E-state index contributed by atoms with van der Waals surface area (Å²) >= 11 is 0. The molecule has 3 heterocycles. The molecule has 292 valence electrons. The van der Waals surface area contributed by atoms with Gasteiger partial charge in [-0.05, 0) is 72.6 Å². The molecule has 0 radical (unpaired) electrons. The monoisotopic (exact) mass is 797 g/mol. The average Bonchev–Trinajstić information content (AvgIpc) is 3.85. The number of alkyl halides is 3. The topological polar surface area (TPSA) is 43.9 Å². The highest BCUT2D eigenvalue weighted by molar-refractivity contribution is 6.24. The van der Waals surface area contributed by atoms with Crippen LogP contribution in [0.3, 0.4) is 0 Å². The molecule has 0 aliphatic carbocycles. The third-order valence-electron chi connectivity index (χ3n) is 11.5. The summed E-state index contributed by atoms with van der Waals surface area (Å²) in [6.07, 6.45) is -4.50. The van der Waals surface area contributed by atoms with Gasteiger partial charge >= 0.3 is 6.18 Å². The number of aryl methyl sites for hydroxylation is 1. The SMILES string of the molecule is Cc1ccc(-c2cc(-c3cc(-c4ccccc4)nc(-c4ccccc4)n3)cc(-c3ccc(C(F)(F)F)cc3)c2-n2c3ccccc3c3c4oc5ccccc5c4ccc32)cc1. The van der Waals surface area contributed by atoms with Crippen molar-refractivity contribution in [2.45, 2.75) is 13.1 Å². The molecule has 7 heteroatoms. The van der Waals surface area contributed by atoms with E-state index in [2.05, 4.69) is 78.2 Å². The van der Waals surface area contributed by atoms with Crippen molar-refractivity contribution in [3.8, 4) is 61.8 Å². The zero-order valence-electron chi connectivity index (χ0n) is 32.8. The lowest BCUT2D eigenvalue weighted by Crippen LogP contribution is -2.05. The van der Waals surface area contributed by atoms with Crippen LogP contribution < -0.4 is 0 Å². The Kier molecular flexibility index (Phi) is 8.46. The highest BCUT2D eigenvalue weighted by Gasteiger charge is 2.31. The van der Waals surface area contributed by atoms with Gasteiger partial charge in [-0.1, -0.05) is 139 Å². The molecule has 8 aromatic carbocycles. The van der Waals surface area contributed by atoms with E-state index in [0.717, 1.165) is 106 Å². The third-order valence-corrected chi connectivity index (χ3v) is 11.5. The number of hydrogen-bond donors (Lipinski definition) is 0. The fourth-order valence-corrected chi connectivity index (χ4v) is 8.58. The fourth-order valence-electron chi connectivity index (χ4n) is 8.58. The van der Waals surface area contributed by atoms with Gasteiger partial charge in [0, 0.05) is 44.0 Å². The van der Waals surface area contributed by atoms with Crippen LogP contribution in [0.15, 0.2) is 192 Å². The summed E-state index contributed by atoms with van der Waals surface area (Å²) in [5.41, 5.74) is 11.8. The van der Waals surface area contributed by atoms with Crippen molar-refractivity contribution in [2.24, 2.45) is 0 Å². The van der Waals surface area contributed by atoms with E-state index < -0.39 is 11.7 Å². The van der Waals surface area contributed by atoms with Gasteiger partial charge in [0.25, 0.3) is 0 Å². The molecular weight excluding hydrogens is 764 g/mol. The highest BCUT2D eigenvalue weighted by Crippen LogP contribution is 2.47. The number of nitrogens with zero attached hydrogens (tertiary/aromatic N) is 3. The summed E-state index contributed by atoms with van der Waals surface area (Å²) in [6.45, 7) is 2.05. The molecule has 0 spiro atoms. The largest absolute Gasteiger partial charge is 0.455 e. The predicted molar refractivity (Wildman–Crippen MR) is 241 cm³/mol. The van der Waals surface area contributed by atoms with Crippen molar-refractivity contribution in [1.82, 2.24) is 14.5 Å². The fraction of sp³-hybridized carbons (Fsp3) is 0.0370. The second-order valence-corrected chi connectivity index (χ2v) is 15.3. The molecule has 0 saturated heterocycles. The Morgan fingerprint density at radius 2 is 1.05 bits per heavy atom. The van der Waals surface area contributed by atoms with Crippen LogP contribution in [0.2, 0.25) is 0 Å². The van der Waals surface area contributed by atoms with Gasteiger partial charge in [0.05, 0.1) is 39.1 Å². The smallest absolute Gasteiger partial charge is 0.416 e. The van der Waals surface area contributed by atoms with Gasteiger partial charge in [0.2, 0.25) is 0 Å². The summed E-state index contributed by atoms with van der Waals surface area (Å²) in [6, 6.07) is 60.4. The minimum absolute atomic E-state index is 0.561. The second kappa shape index (κ2) is 14.2. The summed E-state index contributed by atoms with van der Waals surface area (Å²) in [7, 11) is 0. The lowest BCUT2D eigenvalue weighted by atomic mass is 9.91. The Labute approximate surface area is 348 Å². The first-order valence-electron chi connectivity index (χ1n) is 20.1. The first-order valence-corrected chi connectivity index (χ1v) is 20.1. The second-order valence-electron chi connectivity index (χ2n) is 15.3. The van der Waals surface area contributed by atoms with Crippen LogP contribution in [0.4, 0.5) is 13.2 Å². The Morgan fingerprint density at radius 1 is 0.475 bits per heavy atom. The summed E-state index contributed by atoms with van der Waals surface area (Å²) < 4.78 is 51.2. The number of furan rings is 1. The molecule has 11 aromatic rings. The van der Waals surface area contributed by atoms with Crippen LogP contribution in [0.1, 0.15) is 11.1 Å². The van der Waals surface area contributed by atoms with Crippen LogP contribution in [0, 0.1) is 6.92 Å². The molecule has 0 fully saturated rings. The normalized spacial score (nSPS) is 11.9. The molecule has 0 bridgehead atoms. The number of hydrogen-bond acceptors (Lipinski definition) is 3. The number of aromatic nitrogens is 3. The maximum atomic E-state index is 14.1. The van der Waals surface area contributed by atoms with Crippen LogP contribution in [0.25, 0.3) is 106 Å². The predicted octanol–water partition coefficient (Wildman–Crippen LogP) is 15.1. The van der Waals surface area contributed by atoms with E-state index in [4.69, 9.17) is 14.4 Å². The van der Waals surface area contributed by atoms with E-state index in [1.807, 2.05) is 97.1 Å². The van der Waals surface area contributed by atoms with Gasteiger partial charge < -0.3 is 8.98 Å². The highest BCUT2D eigenvalue weighted by atomic mass is 19.4. The van der Waals surface area contributed by atoms with Gasteiger partial charge in [0.15, 0.2) is 5.82 Å². The van der Waals surface area contributed by atoms with E-state index in [-0.39, 0.29) is 0 Å². The minimum Gasteiger partial charge on any atom is -0.455 e. The molecule has 0 unspecified atom stereocenters. The summed E-state index contributed by atoms with van der Waals surface area (Å²) in [4.78, 5) is 10.2. The molecule has 3 aromatic heterocycles. The number of rotatable bonds is 6. The van der Waals surface area contributed by atoms with Crippen molar-refractivity contribution in [1.29, 1.82) is 0 Å². The molecule has 0 atom stereocenters. The van der Waals surface area contributed by atoms with Crippen LogP contribution >= 0.6 is 0 Å². The molecule has 61 heavy (non-hydrogen) atoms. The Bertz CT molecular complexity index is 3380. The van der Waals surface area contributed by atoms with Gasteiger partial charge in [-0.3, -0.25) is 0 Å². The zero-order chi connectivity index (χ0) is 41.2. The molecule has 0 N–H and O–H groups in total. The molecule has 4 nitrogen and oxygen atoms in total.